The number of likely N-dealkylation sites (tertiary alicyclic amines) is 2. The minimum Gasteiger partial charge on any atom is -0.465 e. The van der Waals surface area contributed by atoms with Crippen LogP contribution in [0.2, 0.25) is 0 Å². The summed E-state index contributed by atoms with van der Waals surface area (Å²) < 4.78 is 4.84. The third kappa shape index (κ3) is 5.91. The van der Waals surface area contributed by atoms with Gasteiger partial charge in [-0.3, -0.25) is 9.59 Å². The van der Waals surface area contributed by atoms with Crippen molar-refractivity contribution in [1.29, 1.82) is 0 Å². The molecule has 2 saturated heterocycles. The van der Waals surface area contributed by atoms with Crippen molar-refractivity contribution in [1.82, 2.24) is 20.1 Å². The van der Waals surface area contributed by atoms with Crippen LogP contribution in [0.25, 0.3) is 0 Å². The SMILES string of the molecule is COC(=O)c1c(C)[nH]c(C(=O)N2CCC[C@H](C(=O)NCCCN3CCCCCC3)C2)c1C. The summed E-state index contributed by atoms with van der Waals surface area (Å²) in [6.45, 7) is 8.58. The average molecular weight is 447 g/mol. The number of aromatic nitrogens is 1. The normalized spacial score (nSPS) is 20.0. The molecule has 2 N–H and O–H groups in total. The second-order valence-corrected chi connectivity index (χ2v) is 9.11. The van der Waals surface area contributed by atoms with Gasteiger partial charge in [0.25, 0.3) is 5.91 Å². The second kappa shape index (κ2) is 11.5. The van der Waals surface area contributed by atoms with Crippen LogP contribution < -0.4 is 5.32 Å². The van der Waals surface area contributed by atoms with Crippen LogP contribution in [0.5, 0.6) is 0 Å². The van der Waals surface area contributed by atoms with Crippen LogP contribution in [-0.2, 0) is 9.53 Å². The first-order valence-corrected chi connectivity index (χ1v) is 12.0. The number of methoxy groups -OCH3 is 1. The van der Waals surface area contributed by atoms with Gasteiger partial charge in [0, 0.05) is 25.3 Å². The van der Waals surface area contributed by atoms with Gasteiger partial charge in [0.05, 0.1) is 18.6 Å². The number of piperidine rings is 1. The molecule has 32 heavy (non-hydrogen) atoms. The van der Waals surface area contributed by atoms with Crippen molar-refractivity contribution in [2.24, 2.45) is 5.92 Å². The summed E-state index contributed by atoms with van der Waals surface area (Å²) in [5, 5.41) is 3.08. The van der Waals surface area contributed by atoms with Crippen molar-refractivity contribution in [3.05, 3.63) is 22.5 Å². The van der Waals surface area contributed by atoms with Crippen LogP contribution in [0.4, 0.5) is 0 Å². The van der Waals surface area contributed by atoms with Gasteiger partial charge < -0.3 is 24.8 Å². The Balaban J connectivity index is 1.50. The van der Waals surface area contributed by atoms with E-state index in [4.69, 9.17) is 4.74 Å². The van der Waals surface area contributed by atoms with Gasteiger partial charge in [0.1, 0.15) is 5.69 Å². The van der Waals surface area contributed by atoms with Crippen LogP contribution in [0.1, 0.15) is 77.0 Å². The van der Waals surface area contributed by atoms with E-state index in [2.05, 4.69) is 15.2 Å². The fourth-order valence-corrected chi connectivity index (χ4v) is 4.92. The van der Waals surface area contributed by atoms with Crippen molar-refractivity contribution in [2.45, 2.75) is 58.8 Å². The number of carbonyl (C=O) groups is 3. The van der Waals surface area contributed by atoms with Crippen LogP contribution in [0, 0.1) is 19.8 Å². The Kier molecular flexibility index (Phi) is 8.73. The highest BCUT2D eigenvalue weighted by Crippen LogP contribution is 2.23. The van der Waals surface area contributed by atoms with Crippen molar-refractivity contribution in [3.8, 4) is 0 Å². The van der Waals surface area contributed by atoms with Crippen molar-refractivity contribution in [3.63, 3.8) is 0 Å². The van der Waals surface area contributed by atoms with Gasteiger partial charge in [0.2, 0.25) is 5.91 Å². The molecule has 3 heterocycles. The Hall–Kier alpha value is -2.35. The number of aromatic amines is 1. The summed E-state index contributed by atoms with van der Waals surface area (Å²) in [6.07, 6.45) is 7.75. The van der Waals surface area contributed by atoms with E-state index in [-0.39, 0.29) is 17.7 Å². The lowest BCUT2D eigenvalue weighted by Crippen LogP contribution is -2.46. The van der Waals surface area contributed by atoms with Crippen molar-refractivity contribution in [2.75, 3.05) is 46.4 Å². The number of nitrogens with zero attached hydrogens (tertiary/aromatic N) is 2. The van der Waals surface area contributed by atoms with Gasteiger partial charge in [-0.1, -0.05) is 12.8 Å². The molecule has 0 aromatic carbocycles. The number of aryl methyl sites for hydroxylation is 1. The van der Waals surface area contributed by atoms with Gasteiger partial charge in [-0.15, -0.1) is 0 Å². The molecule has 0 spiro atoms. The molecule has 1 atom stereocenters. The van der Waals surface area contributed by atoms with E-state index in [1.807, 2.05) is 0 Å². The number of hydrogen-bond donors (Lipinski definition) is 2. The molecule has 0 aliphatic carbocycles. The Labute approximate surface area is 191 Å². The first kappa shape index (κ1) is 24.3. The predicted molar refractivity (Wildman–Crippen MR) is 123 cm³/mol. The Bertz CT molecular complexity index is 811. The molecule has 8 heteroatoms. The fraction of sp³-hybridized carbons (Fsp3) is 0.708. The average Bonchev–Trinajstić information content (AvgIpc) is 2.96. The monoisotopic (exact) mass is 446 g/mol. The molecule has 2 amide bonds. The summed E-state index contributed by atoms with van der Waals surface area (Å²) in [5.41, 5.74) is 2.03. The molecule has 1 aromatic heterocycles. The van der Waals surface area contributed by atoms with Crippen LogP contribution >= 0.6 is 0 Å². The minimum absolute atomic E-state index is 0.0352. The number of rotatable bonds is 7. The first-order valence-electron chi connectivity index (χ1n) is 12.0. The molecule has 1 aromatic rings. The molecule has 178 valence electrons. The molecule has 2 aliphatic heterocycles. The molecule has 0 bridgehead atoms. The van der Waals surface area contributed by atoms with Gasteiger partial charge in [-0.2, -0.15) is 0 Å². The highest BCUT2D eigenvalue weighted by molar-refractivity contribution is 6.00. The largest absolute Gasteiger partial charge is 0.465 e. The third-order valence-electron chi connectivity index (χ3n) is 6.77. The van der Waals surface area contributed by atoms with Gasteiger partial charge in [-0.05, 0) is 71.1 Å². The van der Waals surface area contributed by atoms with E-state index >= 15 is 0 Å². The summed E-state index contributed by atoms with van der Waals surface area (Å²) >= 11 is 0. The molecule has 3 rings (SSSR count). The molecule has 0 radical (unpaired) electrons. The topological polar surface area (TPSA) is 94.7 Å². The van der Waals surface area contributed by atoms with Crippen LogP contribution in [-0.4, -0.2) is 78.9 Å². The quantitative estimate of drug-likeness (QED) is 0.496. The lowest BCUT2D eigenvalue weighted by molar-refractivity contribution is -0.126. The zero-order valence-corrected chi connectivity index (χ0v) is 19.8. The molecular formula is C24H38N4O4. The lowest BCUT2D eigenvalue weighted by Gasteiger charge is -2.32. The Morgan fingerprint density at radius 3 is 2.47 bits per heavy atom. The number of amides is 2. The molecule has 0 saturated carbocycles. The van der Waals surface area contributed by atoms with Crippen molar-refractivity contribution >= 4 is 17.8 Å². The number of carbonyl (C=O) groups excluding carboxylic acids is 3. The minimum atomic E-state index is -0.452. The number of hydrogen-bond acceptors (Lipinski definition) is 5. The van der Waals surface area contributed by atoms with Crippen LogP contribution in [0.15, 0.2) is 0 Å². The number of nitrogens with one attached hydrogen (secondary N) is 2. The standard InChI is InChI=1S/C24H38N4O4/c1-17-20(24(31)32-3)18(2)26-21(17)23(30)28-15-8-10-19(16-28)22(29)25-11-9-14-27-12-6-4-5-7-13-27/h19,26H,4-16H2,1-3H3,(H,25,29)/t19-/m0/s1. The number of ether oxygens (including phenoxy) is 1. The summed E-state index contributed by atoms with van der Waals surface area (Å²) in [5.74, 6) is -0.777. The molecule has 0 unspecified atom stereocenters. The lowest BCUT2D eigenvalue weighted by atomic mass is 9.96. The van der Waals surface area contributed by atoms with E-state index in [9.17, 15) is 14.4 Å². The second-order valence-electron chi connectivity index (χ2n) is 9.11. The Morgan fingerprint density at radius 2 is 1.78 bits per heavy atom. The van der Waals surface area contributed by atoms with Gasteiger partial charge >= 0.3 is 5.97 Å². The third-order valence-corrected chi connectivity index (χ3v) is 6.77. The van der Waals surface area contributed by atoms with E-state index < -0.39 is 5.97 Å². The van der Waals surface area contributed by atoms with E-state index in [0.29, 0.717) is 42.1 Å². The highest BCUT2D eigenvalue weighted by Gasteiger charge is 2.31. The number of esters is 1. The number of H-pyrrole nitrogens is 1. The van der Waals surface area contributed by atoms with E-state index in [0.717, 1.165) is 25.8 Å². The molecule has 2 aliphatic rings. The molecular weight excluding hydrogens is 408 g/mol. The smallest absolute Gasteiger partial charge is 0.339 e. The van der Waals surface area contributed by atoms with Crippen molar-refractivity contribution < 1.29 is 19.1 Å². The van der Waals surface area contributed by atoms with E-state index in [1.54, 1.807) is 18.7 Å². The summed E-state index contributed by atoms with van der Waals surface area (Å²) in [7, 11) is 1.33. The summed E-state index contributed by atoms with van der Waals surface area (Å²) in [4.78, 5) is 45.2. The highest BCUT2D eigenvalue weighted by atomic mass is 16.5. The molecule has 2 fully saturated rings. The van der Waals surface area contributed by atoms with Crippen LogP contribution in [0.3, 0.4) is 0 Å². The maximum Gasteiger partial charge on any atom is 0.339 e. The van der Waals surface area contributed by atoms with Gasteiger partial charge in [0.15, 0.2) is 0 Å². The Morgan fingerprint density at radius 1 is 1.06 bits per heavy atom. The zero-order chi connectivity index (χ0) is 23.1. The maximum atomic E-state index is 13.1. The first-order chi connectivity index (χ1) is 15.4. The molecule has 8 nitrogen and oxygen atoms in total. The predicted octanol–water partition coefficient (Wildman–Crippen LogP) is 2.65. The maximum absolute atomic E-state index is 13.1. The summed E-state index contributed by atoms with van der Waals surface area (Å²) in [6, 6.07) is 0. The fourth-order valence-electron chi connectivity index (χ4n) is 4.92. The van der Waals surface area contributed by atoms with Gasteiger partial charge in [-0.25, -0.2) is 4.79 Å². The van der Waals surface area contributed by atoms with E-state index in [1.165, 1.54) is 45.9 Å². The zero-order valence-electron chi connectivity index (χ0n) is 19.8.